The van der Waals surface area contributed by atoms with Crippen LogP contribution < -0.4 is 0 Å². The molecule has 0 N–H and O–H groups in total. The van der Waals surface area contributed by atoms with Gasteiger partial charge in [0.25, 0.3) is 0 Å². The van der Waals surface area contributed by atoms with Crippen molar-refractivity contribution in [2.75, 3.05) is 0 Å². The Labute approximate surface area is 317 Å². The molecule has 0 aliphatic heterocycles. The van der Waals surface area contributed by atoms with Gasteiger partial charge in [0.2, 0.25) is 0 Å². The normalized spacial score (nSPS) is 12.0. The molecule has 254 valence electrons. The van der Waals surface area contributed by atoms with Gasteiger partial charge in [-0.1, -0.05) is 176 Å². The van der Waals surface area contributed by atoms with E-state index in [1.165, 1.54) is 87.2 Å². The molecule has 0 unspecified atom stereocenters. The Hall–Kier alpha value is -7.22. The molecule has 12 aromatic rings. The van der Waals surface area contributed by atoms with Crippen molar-refractivity contribution in [1.82, 2.24) is 0 Å². The molecule has 1 heteroatoms. The third-order valence-corrected chi connectivity index (χ3v) is 11.8. The highest BCUT2D eigenvalue weighted by Crippen LogP contribution is 2.47. The van der Waals surface area contributed by atoms with E-state index in [1.54, 1.807) is 0 Å². The summed E-state index contributed by atoms with van der Waals surface area (Å²) in [6, 6.07) is 71.0. The molecule has 11 aromatic carbocycles. The van der Waals surface area contributed by atoms with Crippen molar-refractivity contribution in [2.45, 2.75) is 0 Å². The van der Waals surface area contributed by atoms with Gasteiger partial charge in [0.15, 0.2) is 0 Å². The van der Waals surface area contributed by atoms with Gasteiger partial charge in [-0.15, -0.1) is 0 Å². The lowest BCUT2D eigenvalue weighted by Crippen LogP contribution is -1.90. The Balaban J connectivity index is 1.10. The maximum Gasteiger partial charge on any atom is 0.143 e. The Bertz CT molecular complexity index is 3450. The third-order valence-electron chi connectivity index (χ3n) is 11.8. The second kappa shape index (κ2) is 11.6. The summed E-state index contributed by atoms with van der Waals surface area (Å²) in [5.41, 5.74) is 11.4. The number of furan rings is 1. The van der Waals surface area contributed by atoms with Crippen LogP contribution in [0.3, 0.4) is 0 Å². The highest BCUT2D eigenvalue weighted by atomic mass is 16.3. The molecule has 1 aromatic heterocycles. The summed E-state index contributed by atoms with van der Waals surface area (Å²) in [6.07, 6.45) is 0. The van der Waals surface area contributed by atoms with Gasteiger partial charge in [-0.3, -0.25) is 0 Å². The van der Waals surface area contributed by atoms with E-state index in [9.17, 15) is 0 Å². The van der Waals surface area contributed by atoms with E-state index in [2.05, 4.69) is 194 Å². The third kappa shape index (κ3) is 4.54. The van der Waals surface area contributed by atoms with E-state index in [4.69, 9.17) is 4.42 Å². The molecule has 0 fully saturated rings. The maximum absolute atomic E-state index is 6.97. The van der Waals surface area contributed by atoms with E-state index in [-0.39, 0.29) is 0 Å². The monoisotopic (exact) mass is 696 g/mol. The molecule has 0 atom stereocenters. The fourth-order valence-electron chi connectivity index (χ4n) is 9.23. The van der Waals surface area contributed by atoms with E-state index < -0.39 is 0 Å². The summed E-state index contributed by atoms with van der Waals surface area (Å²) >= 11 is 0. The molecule has 0 amide bonds. The zero-order valence-corrected chi connectivity index (χ0v) is 29.9. The van der Waals surface area contributed by atoms with E-state index >= 15 is 0 Å². The molecule has 1 heterocycles. The highest BCUT2D eigenvalue weighted by molar-refractivity contribution is 6.29. The van der Waals surface area contributed by atoms with Crippen molar-refractivity contribution < 1.29 is 4.42 Å². The van der Waals surface area contributed by atoms with E-state index in [0.717, 1.165) is 33.1 Å². The predicted octanol–water partition coefficient (Wildman–Crippen LogP) is 15.5. The van der Waals surface area contributed by atoms with E-state index in [0.29, 0.717) is 0 Å². The Kier molecular flexibility index (Phi) is 6.40. The van der Waals surface area contributed by atoms with Crippen LogP contribution in [-0.4, -0.2) is 0 Å². The predicted molar refractivity (Wildman–Crippen MR) is 234 cm³/mol. The number of fused-ring (bicyclic) bond motifs is 5. The van der Waals surface area contributed by atoms with Crippen LogP contribution >= 0.6 is 0 Å². The number of rotatable bonds is 4. The minimum absolute atomic E-state index is 0.903. The first-order valence-electron chi connectivity index (χ1n) is 19.0. The number of hydrogen-bond acceptors (Lipinski definition) is 1. The summed E-state index contributed by atoms with van der Waals surface area (Å²) in [5, 5.41) is 14.9. The van der Waals surface area contributed by atoms with Crippen molar-refractivity contribution in [3.8, 4) is 44.5 Å². The summed E-state index contributed by atoms with van der Waals surface area (Å²) < 4.78 is 6.97. The van der Waals surface area contributed by atoms with Crippen LogP contribution in [0, 0.1) is 0 Å². The van der Waals surface area contributed by atoms with Crippen LogP contribution in [-0.2, 0) is 0 Å². The first-order valence-corrected chi connectivity index (χ1v) is 19.0. The Morgan fingerprint density at radius 3 is 1.55 bits per heavy atom. The quantitative estimate of drug-likeness (QED) is 0.167. The standard InChI is InChI=1S/C54H32O/c1-2-9-33(10-3-1)43-25-21-37-24-28-47-45(26-22-38-23-27-46(43)51(37)52(38)47)48-30-29-44(54-53(48)49-31-39-12-4-5-13-40(39)32-50(49)55-54)36-19-17-35(18-20-36)42-16-8-14-34-11-6-7-15-41(34)42/h1-32H. The second-order valence-corrected chi connectivity index (χ2v) is 14.8. The molecule has 1 nitrogen and oxygen atoms in total. The lowest BCUT2D eigenvalue weighted by Gasteiger charge is -2.17. The van der Waals surface area contributed by atoms with Gasteiger partial charge in [0.1, 0.15) is 11.2 Å². The molecule has 0 saturated carbocycles. The van der Waals surface area contributed by atoms with Gasteiger partial charge in [-0.25, -0.2) is 0 Å². The average Bonchev–Trinajstić information content (AvgIpc) is 3.63. The fourth-order valence-corrected chi connectivity index (χ4v) is 9.23. The SMILES string of the molecule is c1ccc(-c2ccc3ccc4c(-c5ccc(-c6ccc(-c7cccc8ccccc78)cc6)c6oc7cc8ccccc8cc7c56)ccc5ccc2c3c54)cc1. The molecule has 0 aliphatic rings. The van der Waals surface area contributed by atoms with Crippen LogP contribution in [0.25, 0.3) is 120 Å². The van der Waals surface area contributed by atoms with Gasteiger partial charge in [-0.05, 0) is 111 Å². The second-order valence-electron chi connectivity index (χ2n) is 14.8. The van der Waals surface area contributed by atoms with Gasteiger partial charge < -0.3 is 4.42 Å². The van der Waals surface area contributed by atoms with Crippen LogP contribution in [0.5, 0.6) is 0 Å². The maximum atomic E-state index is 6.97. The largest absolute Gasteiger partial charge is 0.455 e. The lowest BCUT2D eigenvalue weighted by atomic mass is 9.86. The van der Waals surface area contributed by atoms with Crippen LogP contribution in [0.1, 0.15) is 0 Å². The van der Waals surface area contributed by atoms with Crippen molar-refractivity contribution in [3.05, 3.63) is 194 Å². The topological polar surface area (TPSA) is 13.1 Å². The number of benzene rings is 11. The summed E-state index contributed by atoms with van der Waals surface area (Å²) in [6.45, 7) is 0. The van der Waals surface area contributed by atoms with Gasteiger partial charge in [0, 0.05) is 16.3 Å². The van der Waals surface area contributed by atoms with Crippen molar-refractivity contribution in [3.63, 3.8) is 0 Å². The molecular weight excluding hydrogens is 665 g/mol. The first kappa shape index (κ1) is 30.3. The van der Waals surface area contributed by atoms with Crippen LogP contribution in [0.15, 0.2) is 199 Å². The zero-order valence-electron chi connectivity index (χ0n) is 29.9. The minimum atomic E-state index is 0.903. The minimum Gasteiger partial charge on any atom is -0.455 e. The van der Waals surface area contributed by atoms with Crippen LogP contribution in [0.2, 0.25) is 0 Å². The van der Waals surface area contributed by atoms with Gasteiger partial charge in [-0.2, -0.15) is 0 Å². The summed E-state index contributed by atoms with van der Waals surface area (Å²) in [4.78, 5) is 0. The molecule has 0 bridgehead atoms. The van der Waals surface area contributed by atoms with Crippen molar-refractivity contribution in [2.24, 2.45) is 0 Å². The van der Waals surface area contributed by atoms with Crippen molar-refractivity contribution >= 4 is 75.8 Å². The smallest absolute Gasteiger partial charge is 0.143 e. The van der Waals surface area contributed by atoms with E-state index in [1.807, 2.05) is 0 Å². The number of hydrogen-bond donors (Lipinski definition) is 0. The lowest BCUT2D eigenvalue weighted by molar-refractivity contribution is 0.670. The molecule has 0 aliphatic carbocycles. The first-order chi connectivity index (χ1) is 27.3. The molecule has 12 rings (SSSR count). The fraction of sp³-hybridized carbons (Fsp3) is 0. The van der Waals surface area contributed by atoms with Crippen LogP contribution in [0.4, 0.5) is 0 Å². The highest BCUT2D eigenvalue weighted by Gasteiger charge is 2.21. The summed E-state index contributed by atoms with van der Waals surface area (Å²) in [7, 11) is 0. The molecule has 0 saturated heterocycles. The summed E-state index contributed by atoms with van der Waals surface area (Å²) in [5.74, 6) is 0. The van der Waals surface area contributed by atoms with Gasteiger partial charge in [0.05, 0.1) is 0 Å². The molecular formula is C54H32O. The van der Waals surface area contributed by atoms with Crippen molar-refractivity contribution in [1.29, 1.82) is 0 Å². The molecule has 0 radical (unpaired) electrons. The zero-order chi connectivity index (χ0) is 36.0. The average molecular weight is 697 g/mol. The molecule has 55 heavy (non-hydrogen) atoms. The Morgan fingerprint density at radius 2 is 0.782 bits per heavy atom. The Morgan fingerprint density at radius 1 is 0.255 bits per heavy atom. The van der Waals surface area contributed by atoms with Gasteiger partial charge >= 0.3 is 0 Å². The molecule has 0 spiro atoms.